The Kier molecular flexibility index (Phi) is 3.21. The third kappa shape index (κ3) is 2.60. The van der Waals surface area contributed by atoms with Crippen LogP contribution in [0.4, 0.5) is 0 Å². The van der Waals surface area contributed by atoms with E-state index in [2.05, 4.69) is 17.3 Å². The van der Waals surface area contributed by atoms with E-state index in [0.717, 1.165) is 23.9 Å². The third-order valence-electron chi connectivity index (χ3n) is 4.77. The van der Waals surface area contributed by atoms with Gasteiger partial charge in [-0.3, -0.25) is 0 Å². The smallest absolute Gasteiger partial charge is 0.0217 e. The van der Waals surface area contributed by atoms with Gasteiger partial charge in [-0.2, -0.15) is 0 Å². The van der Waals surface area contributed by atoms with E-state index in [1.807, 2.05) is 0 Å². The second kappa shape index (κ2) is 4.66. The first-order valence-electron chi connectivity index (χ1n) is 7.28. The summed E-state index contributed by atoms with van der Waals surface area (Å²) in [6.45, 7) is 2.55. The van der Waals surface area contributed by atoms with E-state index in [1.54, 1.807) is 0 Å². The molecule has 2 saturated carbocycles. The molecule has 92 valence electrons. The second-order valence-corrected chi connectivity index (χ2v) is 6.24. The quantitative estimate of drug-likeness (QED) is 0.767. The predicted octanol–water partition coefficient (Wildman–Crippen LogP) is 2.25. The van der Waals surface area contributed by atoms with E-state index < -0.39 is 0 Å². The van der Waals surface area contributed by atoms with Crippen LogP contribution in [-0.4, -0.2) is 37.1 Å². The van der Waals surface area contributed by atoms with Crippen molar-refractivity contribution in [2.24, 2.45) is 11.8 Å². The molecule has 1 N–H and O–H groups in total. The lowest BCUT2D eigenvalue weighted by Crippen LogP contribution is -2.46. The van der Waals surface area contributed by atoms with Gasteiger partial charge in [0.05, 0.1) is 0 Å². The number of likely N-dealkylation sites (tertiary alicyclic amines) is 1. The molecule has 0 aromatic heterocycles. The largest absolute Gasteiger partial charge is 0.312 e. The number of rotatable bonds is 5. The maximum absolute atomic E-state index is 3.90. The number of nitrogens with one attached hydrogen (secondary N) is 1. The fourth-order valence-electron chi connectivity index (χ4n) is 3.30. The molecule has 0 bridgehead atoms. The van der Waals surface area contributed by atoms with Crippen LogP contribution in [-0.2, 0) is 0 Å². The van der Waals surface area contributed by atoms with Crippen molar-refractivity contribution in [1.82, 2.24) is 10.2 Å². The van der Waals surface area contributed by atoms with Crippen LogP contribution >= 0.6 is 0 Å². The molecule has 0 radical (unpaired) electrons. The van der Waals surface area contributed by atoms with Crippen molar-refractivity contribution < 1.29 is 0 Å². The molecule has 1 aliphatic heterocycles. The molecule has 0 spiro atoms. The van der Waals surface area contributed by atoms with Gasteiger partial charge in [-0.1, -0.05) is 6.42 Å². The highest BCUT2D eigenvalue weighted by molar-refractivity contribution is 4.97. The first-order chi connectivity index (χ1) is 7.84. The van der Waals surface area contributed by atoms with Crippen molar-refractivity contribution in [2.75, 3.05) is 20.1 Å². The van der Waals surface area contributed by atoms with E-state index in [0.29, 0.717) is 0 Å². The predicted molar refractivity (Wildman–Crippen MR) is 67.5 cm³/mol. The van der Waals surface area contributed by atoms with Gasteiger partial charge in [0.2, 0.25) is 0 Å². The molecule has 0 amide bonds. The molecule has 1 heterocycles. The van der Waals surface area contributed by atoms with Crippen LogP contribution in [0, 0.1) is 11.8 Å². The molecule has 1 saturated heterocycles. The van der Waals surface area contributed by atoms with Crippen LogP contribution in [0.5, 0.6) is 0 Å². The Hall–Kier alpha value is -0.0800. The number of nitrogens with zero attached hydrogens (tertiary/aromatic N) is 1. The molecular weight excluding hydrogens is 196 g/mol. The summed E-state index contributed by atoms with van der Waals surface area (Å²) in [5, 5.41) is 3.90. The summed E-state index contributed by atoms with van der Waals surface area (Å²) < 4.78 is 0. The zero-order chi connectivity index (χ0) is 11.0. The van der Waals surface area contributed by atoms with Crippen LogP contribution in [0.15, 0.2) is 0 Å². The topological polar surface area (TPSA) is 15.3 Å². The van der Waals surface area contributed by atoms with Gasteiger partial charge in [-0.15, -0.1) is 0 Å². The average molecular weight is 222 g/mol. The van der Waals surface area contributed by atoms with Crippen molar-refractivity contribution in [3.05, 3.63) is 0 Å². The van der Waals surface area contributed by atoms with Gasteiger partial charge in [-0.25, -0.2) is 0 Å². The molecule has 1 atom stereocenters. The van der Waals surface area contributed by atoms with Crippen molar-refractivity contribution >= 4 is 0 Å². The highest BCUT2D eigenvalue weighted by atomic mass is 15.2. The van der Waals surface area contributed by atoms with E-state index >= 15 is 0 Å². The SMILES string of the molecule is CN1CCCCC1CNC(C1CC1)C1CC1. The van der Waals surface area contributed by atoms with Crippen LogP contribution < -0.4 is 5.32 Å². The third-order valence-corrected chi connectivity index (χ3v) is 4.77. The molecule has 1 unspecified atom stereocenters. The maximum atomic E-state index is 3.90. The summed E-state index contributed by atoms with van der Waals surface area (Å²) >= 11 is 0. The number of piperidine rings is 1. The minimum absolute atomic E-state index is 0.814. The summed E-state index contributed by atoms with van der Waals surface area (Å²) in [5.74, 6) is 2.09. The van der Waals surface area contributed by atoms with Gasteiger partial charge < -0.3 is 10.2 Å². The van der Waals surface area contributed by atoms with Crippen LogP contribution in [0.1, 0.15) is 44.9 Å². The first kappa shape index (κ1) is 11.0. The molecule has 3 rings (SSSR count). The zero-order valence-corrected chi connectivity index (χ0v) is 10.6. The Morgan fingerprint density at radius 1 is 1.06 bits per heavy atom. The lowest BCUT2D eigenvalue weighted by molar-refractivity contribution is 0.174. The lowest BCUT2D eigenvalue weighted by atomic mass is 10.0. The van der Waals surface area contributed by atoms with Crippen LogP contribution in [0.3, 0.4) is 0 Å². The van der Waals surface area contributed by atoms with Gasteiger partial charge in [0.25, 0.3) is 0 Å². The molecular formula is C14H26N2. The van der Waals surface area contributed by atoms with E-state index in [9.17, 15) is 0 Å². The van der Waals surface area contributed by atoms with Gasteiger partial charge in [0, 0.05) is 18.6 Å². The number of hydrogen-bond acceptors (Lipinski definition) is 2. The molecule has 3 aliphatic rings. The zero-order valence-electron chi connectivity index (χ0n) is 10.6. The van der Waals surface area contributed by atoms with Gasteiger partial charge in [0.1, 0.15) is 0 Å². The fraction of sp³-hybridized carbons (Fsp3) is 1.00. The van der Waals surface area contributed by atoms with Crippen LogP contribution in [0.25, 0.3) is 0 Å². The number of hydrogen-bond donors (Lipinski definition) is 1. The molecule has 3 fully saturated rings. The fourth-order valence-corrected chi connectivity index (χ4v) is 3.30. The Balaban J connectivity index is 1.46. The molecule has 2 nitrogen and oxygen atoms in total. The summed E-state index contributed by atoms with van der Waals surface area (Å²) in [5.41, 5.74) is 0. The van der Waals surface area contributed by atoms with E-state index in [4.69, 9.17) is 0 Å². The minimum atomic E-state index is 0.814. The Bertz CT molecular complexity index is 221. The van der Waals surface area contributed by atoms with Crippen LogP contribution in [0.2, 0.25) is 0 Å². The minimum Gasteiger partial charge on any atom is -0.312 e. The standard InChI is InChI=1S/C14H26N2/c1-16-9-3-2-4-13(16)10-15-14(11-5-6-11)12-7-8-12/h11-15H,2-10H2,1H3. The monoisotopic (exact) mass is 222 g/mol. The summed E-state index contributed by atoms with van der Waals surface area (Å²) in [7, 11) is 2.30. The highest BCUT2D eigenvalue weighted by Gasteiger charge is 2.41. The van der Waals surface area contributed by atoms with Gasteiger partial charge >= 0.3 is 0 Å². The molecule has 0 aromatic carbocycles. The highest BCUT2D eigenvalue weighted by Crippen LogP contribution is 2.44. The molecule has 2 aliphatic carbocycles. The Morgan fingerprint density at radius 3 is 2.31 bits per heavy atom. The first-order valence-corrected chi connectivity index (χ1v) is 7.28. The van der Waals surface area contributed by atoms with Crippen molar-refractivity contribution in [1.29, 1.82) is 0 Å². The lowest BCUT2D eigenvalue weighted by Gasteiger charge is -2.34. The molecule has 2 heteroatoms. The van der Waals surface area contributed by atoms with E-state index in [1.165, 1.54) is 58.0 Å². The summed E-state index contributed by atoms with van der Waals surface area (Å²) in [4.78, 5) is 2.56. The van der Waals surface area contributed by atoms with Crippen molar-refractivity contribution in [3.8, 4) is 0 Å². The second-order valence-electron chi connectivity index (χ2n) is 6.24. The molecule has 0 aromatic rings. The Labute approximate surface area is 99.8 Å². The summed E-state index contributed by atoms with van der Waals surface area (Å²) in [6, 6.07) is 1.70. The van der Waals surface area contributed by atoms with Gasteiger partial charge in [0.15, 0.2) is 0 Å². The maximum Gasteiger partial charge on any atom is 0.0217 e. The average Bonchev–Trinajstić information content (AvgIpc) is 3.15. The van der Waals surface area contributed by atoms with Crippen molar-refractivity contribution in [2.45, 2.75) is 57.0 Å². The van der Waals surface area contributed by atoms with Crippen molar-refractivity contribution in [3.63, 3.8) is 0 Å². The van der Waals surface area contributed by atoms with Gasteiger partial charge in [-0.05, 0) is 64.0 Å². The Morgan fingerprint density at radius 2 is 1.75 bits per heavy atom. The van der Waals surface area contributed by atoms with E-state index in [-0.39, 0.29) is 0 Å². The molecule has 16 heavy (non-hydrogen) atoms. The normalized spacial score (nSPS) is 32.2. The number of likely N-dealkylation sites (N-methyl/N-ethyl adjacent to an activating group) is 1. The summed E-state index contributed by atoms with van der Waals surface area (Å²) in [6.07, 6.45) is 10.2.